The lowest BCUT2D eigenvalue weighted by atomic mass is 10.4. The molecule has 0 fully saturated rings. The molecule has 5 heteroatoms. The third kappa shape index (κ3) is 1.66. The summed E-state index contributed by atoms with van der Waals surface area (Å²) in [5.74, 6) is -0.298. The molecule has 0 bridgehead atoms. The van der Waals surface area contributed by atoms with Gasteiger partial charge in [0.2, 0.25) is 5.88 Å². The Bertz CT molecular complexity index is 268. The van der Waals surface area contributed by atoms with Gasteiger partial charge in [0.25, 0.3) is 5.88 Å². The molecule has 0 N–H and O–H groups in total. The monoisotopic (exact) mass is 235 g/mol. The second-order valence-electron chi connectivity index (χ2n) is 1.97. The summed E-state index contributed by atoms with van der Waals surface area (Å²) < 4.78 is 22.8. The van der Waals surface area contributed by atoms with Gasteiger partial charge in [0.05, 0.1) is 18.7 Å². The van der Waals surface area contributed by atoms with Crippen molar-refractivity contribution < 1.29 is 13.9 Å². The highest BCUT2D eigenvalue weighted by molar-refractivity contribution is 9.10. The molecule has 1 heterocycles. The highest BCUT2D eigenvalue weighted by atomic mass is 79.9. The van der Waals surface area contributed by atoms with Gasteiger partial charge < -0.3 is 9.47 Å². The summed E-state index contributed by atoms with van der Waals surface area (Å²) in [5, 5.41) is 0. The molecule has 0 aliphatic rings. The van der Waals surface area contributed by atoms with Crippen LogP contribution in [0, 0.1) is 5.82 Å². The molecule has 0 spiro atoms. The van der Waals surface area contributed by atoms with Crippen LogP contribution < -0.4 is 9.47 Å². The number of pyridine rings is 1. The van der Waals surface area contributed by atoms with Crippen molar-refractivity contribution in [1.82, 2.24) is 4.98 Å². The van der Waals surface area contributed by atoms with Crippen LogP contribution >= 0.6 is 15.9 Å². The number of hydrogen-bond acceptors (Lipinski definition) is 3. The number of methoxy groups -OCH3 is 2. The maximum Gasteiger partial charge on any atom is 0.253 e. The number of halogens is 2. The molecule has 0 amide bonds. The van der Waals surface area contributed by atoms with Crippen LogP contribution in [0.2, 0.25) is 0 Å². The summed E-state index contributed by atoms with van der Waals surface area (Å²) in [7, 11) is 2.79. The molecular formula is C7H7BrFNO2. The fraction of sp³-hybridized carbons (Fsp3) is 0.286. The van der Waals surface area contributed by atoms with Gasteiger partial charge in [0, 0.05) is 0 Å². The molecule has 0 aliphatic heterocycles. The Morgan fingerprint density at radius 1 is 1.33 bits per heavy atom. The van der Waals surface area contributed by atoms with E-state index in [9.17, 15) is 4.39 Å². The summed E-state index contributed by atoms with van der Waals surface area (Å²) in [6.07, 6.45) is 0. The molecule has 0 aromatic carbocycles. The van der Waals surface area contributed by atoms with Crippen LogP contribution in [0.5, 0.6) is 11.8 Å². The van der Waals surface area contributed by atoms with Crippen LogP contribution in [-0.2, 0) is 0 Å². The van der Waals surface area contributed by atoms with Crippen molar-refractivity contribution in [2.45, 2.75) is 0 Å². The molecule has 1 aromatic heterocycles. The van der Waals surface area contributed by atoms with Crippen molar-refractivity contribution in [2.75, 3.05) is 14.2 Å². The smallest absolute Gasteiger partial charge is 0.253 e. The van der Waals surface area contributed by atoms with Crippen LogP contribution in [0.3, 0.4) is 0 Å². The number of nitrogens with zero attached hydrogens (tertiary/aromatic N) is 1. The summed E-state index contributed by atoms with van der Waals surface area (Å²) in [5.41, 5.74) is 0. The van der Waals surface area contributed by atoms with Crippen LogP contribution in [0.25, 0.3) is 0 Å². The molecule has 0 aliphatic carbocycles. The number of aromatic nitrogens is 1. The maximum atomic E-state index is 12.9. The van der Waals surface area contributed by atoms with E-state index in [0.29, 0.717) is 10.4 Å². The Hall–Kier alpha value is -0.840. The lowest BCUT2D eigenvalue weighted by Crippen LogP contribution is -1.96. The fourth-order valence-electron chi connectivity index (χ4n) is 0.720. The second-order valence-corrected chi connectivity index (χ2v) is 2.82. The predicted octanol–water partition coefficient (Wildman–Crippen LogP) is 2.00. The van der Waals surface area contributed by atoms with Crippen molar-refractivity contribution in [3.8, 4) is 11.8 Å². The highest BCUT2D eigenvalue weighted by Gasteiger charge is 2.10. The van der Waals surface area contributed by atoms with E-state index in [1.54, 1.807) is 0 Å². The quantitative estimate of drug-likeness (QED) is 0.786. The summed E-state index contributed by atoms with van der Waals surface area (Å²) in [6.45, 7) is 0. The molecule has 0 radical (unpaired) electrons. The molecule has 0 atom stereocenters. The van der Waals surface area contributed by atoms with Crippen LogP contribution in [0.15, 0.2) is 10.5 Å². The highest BCUT2D eigenvalue weighted by Crippen LogP contribution is 2.27. The zero-order valence-electron chi connectivity index (χ0n) is 6.60. The summed E-state index contributed by atoms with van der Waals surface area (Å²) in [4.78, 5) is 3.74. The van der Waals surface area contributed by atoms with Gasteiger partial charge in [-0.25, -0.2) is 4.39 Å². The van der Waals surface area contributed by atoms with Crippen LogP contribution in [0.1, 0.15) is 0 Å². The standard InChI is InChI=1S/C7H7BrFNO2/c1-11-6-4(8)3-5(9)7(10-6)12-2/h3H,1-2H3. The van der Waals surface area contributed by atoms with E-state index in [1.807, 2.05) is 0 Å². The first kappa shape index (κ1) is 9.25. The molecule has 66 valence electrons. The number of ether oxygens (including phenoxy) is 2. The van der Waals surface area contributed by atoms with Gasteiger partial charge in [-0.05, 0) is 22.0 Å². The first-order valence-electron chi connectivity index (χ1n) is 3.13. The topological polar surface area (TPSA) is 31.4 Å². The van der Waals surface area contributed by atoms with E-state index in [4.69, 9.17) is 4.74 Å². The van der Waals surface area contributed by atoms with E-state index in [1.165, 1.54) is 20.3 Å². The number of rotatable bonds is 2. The largest absolute Gasteiger partial charge is 0.480 e. The number of hydrogen-bond donors (Lipinski definition) is 0. The third-order valence-electron chi connectivity index (χ3n) is 1.25. The van der Waals surface area contributed by atoms with Gasteiger partial charge in [-0.2, -0.15) is 4.98 Å². The zero-order valence-corrected chi connectivity index (χ0v) is 8.18. The van der Waals surface area contributed by atoms with E-state index in [2.05, 4.69) is 25.7 Å². The Kier molecular flexibility index (Phi) is 2.86. The average molecular weight is 236 g/mol. The van der Waals surface area contributed by atoms with E-state index >= 15 is 0 Å². The Balaban J connectivity index is 3.18. The van der Waals surface area contributed by atoms with E-state index in [-0.39, 0.29) is 5.88 Å². The zero-order chi connectivity index (χ0) is 9.14. The maximum absolute atomic E-state index is 12.9. The van der Waals surface area contributed by atoms with Crippen molar-refractivity contribution in [2.24, 2.45) is 0 Å². The van der Waals surface area contributed by atoms with Gasteiger partial charge >= 0.3 is 0 Å². The normalized spacial score (nSPS) is 9.67. The lowest BCUT2D eigenvalue weighted by molar-refractivity contribution is 0.343. The Labute approximate surface area is 77.6 Å². The molecule has 12 heavy (non-hydrogen) atoms. The minimum Gasteiger partial charge on any atom is -0.480 e. The second kappa shape index (κ2) is 3.71. The van der Waals surface area contributed by atoms with Crippen LogP contribution in [0.4, 0.5) is 4.39 Å². The van der Waals surface area contributed by atoms with Crippen molar-refractivity contribution in [3.05, 3.63) is 16.4 Å². The minimum atomic E-state index is -0.523. The van der Waals surface area contributed by atoms with Crippen molar-refractivity contribution in [3.63, 3.8) is 0 Å². The van der Waals surface area contributed by atoms with Crippen molar-refractivity contribution in [1.29, 1.82) is 0 Å². The Morgan fingerprint density at radius 3 is 2.42 bits per heavy atom. The molecule has 1 rings (SSSR count). The van der Waals surface area contributed by atoms with Gasteiger partial charge in [0.15, 0.2) is 5.82 Å². The SMILES string of the molecule is COc1nc(OC)c(Br)cc1F. The molecule has 0 saturated carbocycles. The van der Waals surface area contributed by atoms with Gasteiger partial charge in [-0.3, -0.25) is 0 Å². The predicted molar refractivity (Wildman–Crippen MR) is 45.0 cm³/mol. The third-order valence-corrected chi connectivity index (χ3v) is 1.82. The first-order valence-corrected chi connectivity index (χ1v) is 3.92. The average Bonchev–Trinajstić information content (AvgIpc) is 2.05. The van der Waals surface area contributed by atoms with Gasteiger partial charge in [0.1, 0.15) is 0 Å². The summed E-state index contributed by atoms with van der Waals surface area (Å²) >= 11 is 3.09. The van der Waals surface area contributed by atoms with E-state index in [0.717, 1.165) is 0 Å². The summed E-state index contributed by atoms with van der Waals surface area (Å²) in [6, 6.07) is 1.24. The molecule has 0 unspecified atom stereocenters. The van der Waals surface area contributed by atoms with Crippen molar-refractivity contribution >= 4 is 15.9 Å². The van der Waals surface area contributed by atoms with Gasteiger partial charge in [-0.1, -0.05) is 0 Å². The molecule has 3 nitrogen and oxygen atoms in total. The van der Waals surface area contributed by atoms with Crippen LogP contribution in [-0.4, -0.2) is 19.2 Å². The van der Waals surface area contributed by atoms with Gasteiger partial charge in [-0.15, -0.1) is 0 Å². The fourth-order valence-corrected chi connectivity index (χ4v) is 1.17. The lowest BCUT2D eigenvalue weighted by Gasteiger charge is -2.04. The Morgan fingerprint density at radius 2 is 1.92 bits per heavy atom. The molecular weight excluding hydrogens is 229 g/mol. The minimum absolute atomic E-state index is 0.0740. The first-order chi connectivity index (χ1) is 5.69. The van der Waals surface area contributed by atoms with E-state index < -0.39 is 5.82 Å². The molecule has 1 aromatic rings. The molecule has 0 saturated heterocycles.